The predicted octanol–water partition coefficient (Wildman–Crippen LogP) is 4.25. The van der Waals surface area contributed by atoms with E-state index in [0.717, 1.165) is 37.5 Å². The molecule has 0 saturated heterocycles. The normalized spacial score (nSPS) is 22.9. The van der Waals surface area contributed by atoms with Crippen LogP contribution in [-0.4, -0.2) is 43.9 Å². The molecule has 6 heteroatoms. The molecular formula is C24H37ClN2O3. The number of hydrogen-bond donors (Lipinski definition) is 3. The maximum Gasteiger partial charge on any atom is 0.252 e. The first-order valence-electron chi connectivity index (χ1n) is 11.1. The zero-order valence-electron chi connectivity index (χ0n) is 18.1. The van der Waals surface area contributed by atoms with E-state index in [4.69, 9.17) is 21.4 Å². The largest absolute Gasteiger partial charge is 0.396 e. The van der Waals surface area contributed by atoms with Crippen LogP contribution in [0.5, 0.6) is 0 Å². The third-order valence-electron chi connectivity index (χ3n) is 6.46. The standard InChI is InChI=1S/C23H35ClN2O3.CH2/c24-21-7-6-19(16-29-13-11-25-10-3-12-27)14-20(21)22(28)26-17-23-8-1-4-18(15-23)5-2-9-23;/h6-7,14,18,25,27H,1-5,8-13,15-17H2,(H,26,28);1H2. The number of aliphatic hydroxyl groups excluding tert-OH is 1. The Hall–Kier alpha value is -1.14. The average molecular weight is 437 g/mol. The summed E-state index contributed by atoms with van der Waals surface area (Å²) in [6, 6.07) is 5.53. The second kappa shape index (κ2) is 12.7. The number of amides is 1. The van der Waals surface area contributed by atoms with Gasteiger partial charge in [0.2, 0.25) is 0 Å². The Labute approximate surface area is 186 Å². The molecule has 1 amide bonds. The van der Waals surface area contributed by atoms with Gasteiger partial charge in [-0.15, -0.1) is 0 Å². The first kappa shape index (κ1) is 25.1. The van der Waals surface area contributed by atoms with Crippen molar-refractivity contribution in [1.29, 1.82) is 0 Å². The molecule has 2 aliphatic carbocycles. The summed E-state index contributed by atoms with van der Waals surface area (Å²) in [5.41, 5.74) is 1.78. The summed E-state index contributed by atoms with van der Waals surface area (Å²) in [5.74, 6) is 0.779. The molecule has 168 valence electrons. The molecular weight excluding hydrogens is 400 g/mol. The highest BCUT2D eigenvalue weighted by Gasteiger charge is 2.39. The van der Waals surface area contributed by atoms with Crippen molar-refractivity contribution in [3.8, 4) is 0 Å². The van der Waals surface area contributed by atoms with Crippen molar-refractivity contribution in [3.63, 3.8) is 0 Å². The van der Waals surface area contributed by atoms with Crippen LogP contribution in [-0.2, 0) is 11.3 Å². The topological polar surface area (TPSA) is 70.6 Å². The average Bonchev–Trinajstić information content (AvgIpc) is 2.72. The number of ether oxygens (including phenoxy) is 1. The highest BCUT2D eigenvalue weighted by Crippen LogP contribution is 2.48. The first-order valence-corrected chi connectivity index (χ1v) is 11.5. The van der Waals surface area contributed by atoms with Crippen LogP contribution in [0.3, 0.4) is 0 Å². The molecule has 3 rings (SSSR count). The van der Waals surface area contributed by atoms with E-state index in [1.165, 1.54) is 44.9 Å². The van der Waals surface area contributed by atoms with Crippen molar-refractivity contribution in [3.05, 3.63) is 41.8 Å². The van der Waals surface area contributed by atoms with E-state index in [0.29, 0.717) is 29.2 Å². The van der Waals surface area contributed by atoms with Gasteiger partial charge in [-0.25, -0.2) is 0 Å². The Bertz CT molecular complexity index is 658. The van der Waals surface area contributed by atoms with Gasteiger partial charge in [-0.2, -0.15) is 0 Å². The van der Waals surface area contributed by atoms with Gasteiger partial charge in [0.15, 0.2) is 0 Å². The fourth-order valence-electron chi connectivity index (χ4n) is 4.93. The molecule has 30 heavy (non-hydrogen) atoms. The lowest BCUT2D eigenvalue weighted by Gasteiger charge is -2.45. The number of nitrogens with one attached hydrogen (secondary N) is 2. The third-order valence-corrected chi connectivity index (χ3v) is 6.79. The zero-order valence-corrected chi connectivity index (χ0v) is 18.8. The monoisotopic (exact) mass is 436 g/mol. The van der Waals surface area contributed by atoms with Crippen LogP contribution in [0, 0.1) is 18.8 Å². The minimum atomic E-state index is -0.0791. The SMILES string of the molecule is O=C(NCC12CCCC(CCC1)C2)c1cc(COCCNCCCO)ccc1Cl.[CH2]. The summed E-state index contributed by atoms with van der Waals surface area (Å²) < 4.78 is 5.68. The van der Waals surface area contributed by atoms with Crippen LogP contribution in [0.4, 0.5) is 0 Å². The Morgan fingerprint density at radius 2 is 2.00 bits per heavy atom. The Morgan fingerprint density at radius 1 is 1.23 bits per heavy atom. The first-order chi connectivity index (χ1) is 14.1. The van der Waals surface area contributed by atoms with Gasteiger partial charge in [0.05, 0.1) is 23.8 Å². The number of benzene rings is 1. The highest BCUT2D eigenvalue weighted by atomic mass is 35.5. The third kappa shape index (κ3) is 7.23. The number of fused-ring (bicyclic) bond motifs is 2. The summed E-state index contributed by atoms with van der Waals surface area (Å²) in [6.07, 6.45) is 9.79. The van der Waals surface area contributed by atoms with Gasteiger partial charge in [-0.3, -0.25) is 4.79 Å². The molecule has 0 aliphatic heterocycles. The number of hydrogen-bond acceptors (Lipinski definition) is 4. The van der Waals surface area contributed by atoms with Gasteiger partial charge in [0.1, 0.15) is 0 Å². The number of carbonyl (C=O) groups excluding carboxylic acids is 1. The Kier molecular flexibility index (Phi) is 10.6. The molecule has 0 atom stereocenters. The Balaban J connectivity index is 0.00000320. The zero-order chi connectivity index (χ0) is 20.5. The van der Waals surface area contributed by atoms with E-state index >= 15 is 0 Å². The molecule has 0 unspecified atom stereocenters. The van der Waals surface area contributed by atoms with Gasteiger partial charge in [0, 0.05) is 19.7 Å². The van der Waals surface area contributed by atoms with Crippen LogP contribution < -0.4 is 10.6 Å². The number of aliphatic hydroxyl groups is 1. The van der Waals surface area contributed by atoms with Crippen molar-refractivity contribution in [2.45, 2.75) is 58.0 Å². The fraction of sp³-hybridized carbons (Fsp3) is 0.667. The van der Waals surface area contributed by atoms with Crippen molar-refractivity contribution in [2.75, 3.05) is 32.8 Å². The smallest absolute Gasteiger partial charge is 0.252 e. The minimum absolute atomic E-state index is 0. The molecule has 2 fully saturated rings. The molecule has 0 spiro atoms. The van der Waals surface area contributed by atoms with E-state index in [1.54, 1.807) is 6.07 Å². The Morgan fingerprint density at radius 3 is 2.73 bits per heavy atom. The summed E-state index contributed by atoms with van der Waals surface area (Å²) in [5, 5.41) is 15.6. The fourth-order valence-corrected chi connectivity index (χ4v) is 5.14. The lowest BCUT2D eigenvalue weighted by molar-refractivity contribution is 0.0681. The molecule has 1 aromatic carbocycles. The quantitative estimate of drug-likeness (QED) is 0.453. The maximum atomic E-state index is 12.8. The van der Waals surface area contributed by atoms with Crippen LogP contribution >= 0.6 is 11.6 Å². The van der Waals surface area contributed by atoms with E-state index in [2.05, 4.69) is 10.6 Å². The summed E-state index contributed by atoms with van der Waals surface area (Å²) >= 11 is 6.32. The van der Waals surface area contributed by atoms with Gasteiger partial charge in [-0.05, 0) is 61.3 Å². The van der Waals surface area contributed by atoms with Crippen molar-refractivity contribution in [1.82, 2.24) is 10.6 Å². The number of rotatable bonds is 11. The van der Waals surface area contributed by atoms with E-state index < -0.39 is 0 Å². The van der Waals surface area contributed by atoms with Crippen LogP contribution in [0.1, 0.15) is 67.3 Å². The highest BCUT2D eigenvalue weighted by molar-refractivity contribution is 6.33. The van der Waals surface area contributed by atoms with Crippen LogP contribution in [0.15, 0.2) is 18.2 Å². The molecule has 2 bridgehead atoms. The summed E-state index contributed by atoms with van der Waals surface area (Å²) in [6.45, 7) is 3.52. The van der Waals surface area contributed by atoms with E-state index in [9.17, 15) is 4.79 Å². The van der Waals surface area contributed by atoms with Crippen molar-refractivity contribution >= 4 is 17.5 Å². The second-order valence-corrected chi connectivity index (χ2v) is 9.14. The molecule has 3 N–H and O–H groups in total. The van der Waals surface area contributed by atoms with E-state index in [-0.39, 0.29) is 19.9 Å². The lowest BCUT2D eigenvalue weighted by atomic mass is 9.62. The molecule has 2 aliphatic rings. The van der Waals surface area contributed by atoms with Gasteiger partial charge in [0.25, 0.3) is 5.91 Å². The maximum absolute atomic E-state index is 12.8. The van der Waals surface area contributed by atoms with Crippen LogP contribution in [0.2, 0.25) is 5.02 Å². The van der Waals surface area contributed by atoms with E-state index in [1.807, 2.05) is 12.1 Å². The molecule has 0 heterocycles. The van der Waals surface area contributed by atoms with Gasteiger partial charge >= 0.3 is 0 Å². The lowest BCUT2D eigenvalue weighted by Crippen LogP contribution is -2.43. The molecule has 2 radical (unpaired) electrons. The molecule has 1 aromatic rings. The summed E-state index contributed by atoms with van der Waals surface area (Å²) in [7, 11) is 0. The van der Waals surface area contributed by atoms with Gasteiger partial charge < -0.3 is 20.5 Å². The minimum Gasteiger partial charge on any atom is -0.396 e. The summed E-state index contributed by atoms with van der Waals surface area (Å²) in [4.78, 5) is 12.8. The van der Waals surface area contributed by atoms with Crippen molar-refractivity contribution < 1.29 is 14.6 Å². The molecule has 2 saturated carbocycles. The second-order valence-electron chi connectivity index (χ2n) is 8.73. The molecule has 5 nitrogen and oxygen atoms in total. The predicted molar refractivity (Wildman–Crippen MR) is 122 cm³/mol. The van der Waals surface area contributed by atoms with Crippen molar-refractivity contribution in [2.24, 2.45) is 11.3 Å². The molecule has 0 aromatic heterocycles. The van der Waals surface area contributed by atoms with Gasteiger partial charge in [-0.1, -0.05) is 50.8 Å². The number of halogens is 1. The number of carbonyl (C=O) groups is 1. The van der Waals surface area contributed by atoms with Crippen LogP contribution in [0.25, 0.3) is 0 Å².